The van der Waals surface area contributed by atoms with Gasteiger partial charge < -0.3 is 10.1 Å². The van der Waals surface area contributed by atoms with Gasteiger partial charge in [0.2, 0.25) is 0 Å². The summed E-state index contributed by atoms with van der Waals surface area (Å²) in [6, 6.07) is 64.0. The SMILES string of the molecule is c1ccc(-c2cc(-c3ccccc3)nc(-c3ccccc3-c3ccc4ccccc4c3-c3ccc4c(c3)NC(c3ccccc3)O4)c2)cc1. The Morgan fingerprint density at radius 2 is 1.10 bits per heavy atom. The van der Waals surface area contributed by atoms with E-state index in [2.05, 4.69) is 163 Å². The van der Waals surface area contributed by atoms with E-state index in [0.717, 1.165) is 67.3 Å². The van der Waals surface area contributed by atoms with Crippen molar-refractivity contribution in [2.75, 3.05) is 5.32 Å². The maximum absolute atomic E-state index is 6.34. The molecule has 0 fully saturated rings. The fraction of sp³-hybridized carbons (Fsp3) is 0.0217. The van der Waals surface area contributed by atoms with Crippen molar-refractivity contribution in [1.82, 2.24) is 4.98 Å². The van der Waals surface area contributed by atoms with Crippen LogP contribution in [-0.4, -0.2) is 4.98 Å². The minimum atomic E-state index is -0.221. The highest BCUT2D eigenvalue weighted by Gasteiger charge is 2.25. The van der Waals surface area contributed by atoms with E-state index in [0.29, 0.717) is 0 Å². The molecule has 1 aliphatic rings. The molecule has 232 valence electrons. The molecule has 0 saturated heterocycles. The lowest BCUT2D eigenvalue weighted by Gasteiger charge is -2.18. The summed E-state index contributed by atoms with van der Waals surface area (Å²) >= 11 is 0. The Morgan fingerprint density at radius 3 is 1.90 bits per heavy atom. The average molecular weight is 629 g/mol. The number of nitrogens with one attached hydrogen (secondary N) is 1. The van der Waals surface area contributed by atoms with Crippen LogP contribution in [0.1, 0.15) is 11.8 Å². The second kappa shape index (κ2) is 12.3. The molecule has 0 amide bonds. The number of anilines is 1. The lowest BCUT2D eigenvalue weighted by Crippen LogP contribution is -2.09. The van der Waals surface area contributed by atoms with Crippen molar-refractivity contribution >= 4 is 16.5 Å². The molecular weight excluding hydrogens is 597 g/mol. The summed E-state index contributed by atoms with van der Waals surface area (Å²) in [6.07, 6.45) is -0.221. The van der Waals surface area contributed by atoms with Crippen molar-refractivity contribution in [1.29, 1.82) is 0 Å². The van der Waals surface area contributed by atoms with Gasteiger partial charge in [-0.05, 0) is 68.4 Å². The third kappa shape index (κ3) is 5.42. The van der Waals surface area contributed by atoms with Gasteiger partial charge in [0.1, 0.15) is 5.75 Å². The molecule has 0 bridgehead atoms. The Morgan fingerprint density at radius 1 is 0.449 bits per heavy atom. The molecule has 1 aromatic heterocycles. The Hall–Kier alpha value is -6.45. The van der Waals surface area contributed by atoms with Gasteiger partial charge in [-0.2, -0.15) is 0 Å². The van der Waals surface area contributed by atoms with E-state index in [1.54, 1.807) is 0 Å². The summed E-state index contributed by atoms with van der Waals surface area (Å²) < 4.78 is 6.34. The standard InChI is InChI=1S/C46H32N2O/c1-4-14-31(15-5-1)36-29-41(33-17-6-2-7-18-33)47-42(30-36)39-23-13-12-22-38(39)40-26-24-32-16-10-11-21-37(32)45(40)35-25-27-44-43(28-35)48-46(49-44)34-19-8-3-9-20-34/h1-30,46,48H. The number of aromatic nitrogens is 1. The number of ether oxygens (including phenoxy) is 1. The minimum Gasteiger partial charge on any atom is -0.464 e. The van der Waals surface area contributed by atoms with Crippen LogP contribution in [0.3, 0.4) is 0 Å². The smallest absolute Gasteiger partial charge is 0.196 e. The molecule has 0 radical (unpaired) electrons. The van der Waals surface area contributed by atoms with E-state index in [4.69, 9.17) is 9.72 Å². The van der Waals surface area contributed by atoms with Gasteiger partial charge in [-0.3, -0.25) is 0 Å². The predicted octanol–water partition coefficient (Wildman–Crippen LogP) is 12.1. The van der Waals surface area contributed by atoms with Crippen molar-refractivity contribution in [3.05, 3.63) is 188 Å². The summed E-state index contributed by atoms with van der Waals surface area (Å²) in [7, 11) is 0. The number of nitrogens with zero attached hydrogens (tertiary/aromatic N) is 1. The first-order chi connectivity index (χ1) is 24.3. The van der Waals surface area contributed by atoms with Gasteiger partial charge in [0.25, 0.3) is 0 Å². The summed E-state index contributed by atoms with van der Waals surface area (Å²) in [5.41, 5.74) is 13.0. The van der Waals surface area contributed by atoms with E-state index in [9.17, 15) is 0 Å². The molecule has 1 atom stereocenters. The summed E-state index contributed by atoms with van der Waals surface area (Å²) in [6.45, 7) is 0. The zero-order chi connectivity index (χ0) is 32.6. The van der Waals surface area contributed by atoms with Gasteiger partial charge in [0, 0.05) is 16.7 Å². The molecule has 8 aromatic rings. The maximum Gasteiger partial charge on any atom is 0.196 e. The lowest BCUT2D eigenvalue weighted by atomic mass is 9.87. The Balaban J connectivity index is 1.22. The van der Waals surface area contributed by atoms with Gasteiger partial charge in [-0.1, -0.05) is 158 Å². The molecule has 3 nitrogen and oxygen atoms in total. The monoisotopic (exact) mass is 628 g/mol. The second-order valence-electron chi connectivity index (χ2n) is 12.4. The maximum atomic E-state index is 6.34. The van der Waals surface area contributed by atoms with Crippen molar-refractivity contribution in [2.24, 2.45) is 0 Å². The van der Waals surface area contributed by atoms with Gasteiger partial charge in [0.05, 0.1) is 17.1 Å². The third-order valence-corrected chi connectivity index (χ3v) is 9.33. The Labute approximate surface area is 286 Å². The van der Waals surface area contributed by atoms with Crippen LogP contribution in [0, 0.1) is 0 Å². The summed E-state index contributed by atoms with van der Waals surface area (Å²) in [5.74, 6) is 0.857. The molecule has 3 heteroatoms. The molecule has 49 heavy (non-hydrogen) atoms. The van der Waals surface area contributed by atoms with E-state index < -0.39 is 0 Å². The topological polar surface area (TPSA) is 34.2 Å². The average Bonchev–Trinajstić information content (AvgIpc) is 3.62. The van der Waals surface area contributed by atoms with Crippen LogP contribution < -0.4 is 10.1 Å². The molecule has 7 aromatic carbocycles. The molecule has 1 N–H and O–H groups in total. The highest BCUT2D eigenvalue weighted by molar-refractivity contribution is 6.06. The number of fused-ring (bicyclic) bond motifs is 2. The van der Waals surface area contributed by atoms with Gasteiger partial charge in [-0.15, -0.1) is 0 Å². The molecular formula is C46H32N2O. The van der Waals surface area contributed by atoms with E-state index >= 15 is 0 Å². The number of rotatable bonds is 6. The first kappa shape index (κ1) is 28.7. The first-order valence-corrected chi connectivity index (χ1v) is 16.7. The predicted molar refractivity (Wildman–Crippen MR) is 202 cm³/mol. The normalized spacial score (nSPS) is 13.4. The number of hydrogen-bond acceptors (Lipinski definition) is 3. The van der Waals surface area contributed by atoms with Crippen molar-refractivity contribution < 1.29 is 4.74 Å². The zero-order valence-corrected chi connectivity index (χ0v) is 26.8. The van der Waals surface area contributed by atoms with Crippen LogP contribution in [0.25, 0.3) is 66.7 Å². The molecule has 0 aliphatic carbocycles. The zero-order valence-electron chi connectivity index (χ0n) is 26.8. The number of pyridine rings is 1. The van der Waals surface area contributed by atoms with E-state index in [1.807, 2.05) is 24.3 Å². The van der Waals surface area contributed by atoms with E-state index in [1.165, 1.54) is 16.3 Å². The molecule has 9 rings (SSSR count). The fourth-order valence-corrected chi connectivity index (χ4v) is 6.95. The van der Waals surface area contributed by atoms with Crippen molar-refractivity contribution in [2.45, 2.75) is 6.23 Å². The van der Waals surface area contributed by atoms with Gasteiger partial charge >= 0.3 is 0 Å². The van der Waals surface area contributed by atoms with Crippen LogP contribution in [0.15, 0.2) is 182 Å². The van der Waals surface area contributed by atoms with Crippen molar-refractivity contribution in [3.63, 3.8) is 0 Å². The summed E-state index contributed by atoms with van der Waals surface area (Å²) in [5, 5.41) is 6.01. The minimum absolute atomic E-state index is 0.221. The molecule has 1 unspecified atom stereocenters. The largest absolute Gasteiger partial charge is 0.464 e. The van der Waals surface area contributed by atoms with Crippen LogP contribution in [0.2, 0.25) is 0 Å². The highest BCUT2D eigenvalue weighted by atomic mass is 16.5. The molecule has 0 saturated carbocycles. The second-order valence-corrected chi connectivity index (χ2v) is 12.4. The van der Waals surface area contributed by atoms with Crippen LogP contribution in [0.5, 0.6) is 5.75 Å². The summed E-state index contributed by atoms with van der Waals surface area (Å²) in [4.78, 5) is 5.31. The highest BCUT2D eigenvalue weighted by Crippen LogP contribution is 2.46. The van der Waals surface area contributed by atoms with Crippen LogP contribution in [0.4, 0.5) is 5.69 Å². The molecule has 0 spiro atoms. The van der Waals surface area contributed by atoms with Crippen LogP contribution in [-0.2, 0) is 0 Å². The lowest BCUT2D eigenvalue weighted by molar-refractivity contribution is 0.260. The number of benzene rings is 7. The quantitative estimate of drug-likeness (QED) is 0.199. The third-order valence-electron chi connectivity index (χ3n) is 9.33. The van der Waals surface area contributed by atoms with Crippen molar-refractivity contribution in [3.8, 4) is 61.6 Å². The molecule has 2 heterocycles. The van der Waals surface area contributed by atoms with Gasteiger partial charge in [0.15, 0.2) is 6.23 Å². The van der Waals surface area contributed by atoms with Gasteiger partial charge in [-0.25, -0.2) is 4.98 Å². The van der Waals surface area contributed by atoms with E-state index in [-0.39, 0.29) is 6.23 Å². The van der Waals surface area contributed by atoms with Crippen LogP contribution >= 0.6 is 0 Å². The molecule has 1 aliphatic heterocycles. The fourth-order valence-electron chi connectivity index (χ4n) is 6.95. The number of hydrogen-bond donors (Lipinski definition) is 1. The Kier molecular flexibility index (Phi) is 7.21. The first-order valence-electron chi connectivity index (χ1n) is 16.7. The Bertz CT molecular complexity index is 2380.